The highest BCUT2D eigenvalue weighted by Crippen LogP contribution is 2.36. The number of nitrogen functional groups attached to an aromatic ring is 1. The zero-order valence-corrected chi connectivity index (χ0v) is 11.9. The Hall–Kier alpha value is -1.78. The summed E-state index contributed by atoms with van der Waals surface area (Å²) in [4.78, 5) is 11.4. The van der Waals surface area contributed by atoms with Gasteiger partial charge in [-0.15, -0.1) is 0 Å². The van der Waals surface area contributed by atoms with Crippen molar-refractivity contribution in [1.29, 1.82) is 0 Å². The number of anilines is 1. The molecule has 0 radical (unpaired) electrons. The number of methoxy groups -OCH3 is 1. The monoisotopic (exact) mass is 313 g/mol. The summed E-state index contributed by atoms with van der Waals surface area (Å²) in [6.07, 6.45) is 0. The van der Waals surface area contributed by atoms with Crippen molar-refractivity contribution in [1.82, 2.24) is 0 Å². The Labute approximate surface area is 125 Å². The molecule has 0 heterocycles. The summed E-state index contributed by atoms with van der Waals surface area (Å²) < 4.78 is 18.8. The minimum absolute atomic E-state index is 0.0353. The van der Waals surface area contributed by atoms with Crippen molar-refractivity contribution in [3.8, 4) is 11.1 Å². The standard InChI is InChI=1S/C14H10Cl2FNO2/c1-20-14(19)9-6-5-8(12(17)13(9)18)7-3-2-4-10(15)11(7)16/h2-6H,18H2,1H3. The molecule has 2 aromatic carbocycles. The quantitative estimate of drug-likeness (QED) is 0.668. The maximum absolute atomic E-state index is 14.3. The van der Waals surface area contributed by atoms with Gasteiger partial charge in [0.15, 0.2) is 5.82 Å². The first-order chi connectivity index (χ1) is 9.47. The SMILES string of the molecule is COC(=O)c1ccc(-c2cccc(Cl)c2Cl)c(F)c1N. The fourth-order valence-corrected chi connectivity index (χ4v) is 2.20. The molecule has 0 unspecified atom stereocenters. The number of hydrogen-bond donors (Lipinski definition) is 1. The van der Waals surface area contributed by atoms with Gasteiger partial charge in [0.25, 0.3) is 0 Å². The molecule has 2 aromatic rings. The van der Waals surface area contributed by atoms with E-state index in [2.05, 4.69) is 4.74 Å². The highest BCUT2D eigenvalue weighted by molar-refractivity contribution is 6.43. The molecule has 6 heteroatoms. The lowest BCUT2D eigenvalue weighted by atomic mass is 10.0. The molecule has 2 N–H and O–H groups in total. The average Bonchev–Trinajstić information content (AvgIpc) is 2.44. The van der Waals surface area contributed by atoms with Gasteiger partial charge < -0.3 is 10.5 Å². The lowest BCUT2D eigenvalue weighted by Crippen LogP contribution is -2.08. The Morgan fingerprint density at radius 3 is 2.55 bits per heavy atom. The van der Waals surface area contributed by atoms with E-state index in [1.807, 2.05) is 0 Å². The van der Waals surface area contributed by atoms with Crippen molar-refractivity contribution in [2.75, 3.05) is 12.8 Å². The number of carbonyl (C=O) groups excluding carboxylic acids is 1. The van der Waals surface area contributed by atoms with Crippen molar-refractivity contribution in [3.63, 3.8) is 0 Å². The molecule has 104 valence electrons. The topological polar surface area (TPSA) is 52.3 Å². The fraction of sp³-hybridized carbons (Fsp3) is 0.0714. The van der Waals surface area contributed by atoms with Gasteiger partial charge in [-0.2, -0.15) is 0 Å². The van der Waals surface area contributed by atoms with Gasteiger partial charge in [-0.3, -0.25) is 0 Å². The first-order valence-electron chi connectivity index (χ1n) is 5.58. The van der Waals surface area contributed by atoms with E-state index >= 15 is 0 Å². The molecule has 0 fully saturated rings. The maximum atomic E-state index is 14.3. The zero-order chi connectivity index (χ0) is 14.9. The molecule has 0 aromatic heterocycles. The van der Waals surface area contributed by atoms with Crippen LogP contribution < -0.4 is 5.73 Å². The van der Waals surface area contributed by atoms with Crippen LogP contribution in [0.3, 0.4) is 0 Å². The molecule has 0 aliphatic rings. The molecule has 0 saturated carbocycles. The molecule has 0 amide bonds. The third-order valence-corrected chi connectivity index (χ3v) is 3.65. The van der Waals surface area contributed by atoms with Crippen molar-refractivity contribution < 1.29 is 13.9 Å². The van der Waals surface area contributed by atoms with E-state index in [1.165, 1.54) is 19.2 Å². The van der Waals surface area contributed by atoms with Crippen LogP contribution in [-0.4, -0.2) is 13.1 Å². The Balaban J connectivity index is 2.63. The molecule has 3 nitrogen and oxygen atoms in total. The van der Waals surface area contributed by atoms with Gasteiger partial charge in [0.05, 0.1) is 28.4 Å². The molecular weight excluding hydrogens is 304 g/mol. The summed E-state index contributed by atoms with van der Waals surface area (Å²) in [5, 5.41) is 0.525. The average molecular weight is 314 g/mol. The minimum atomic E-state index is -0.739. The molecular formula is C14H10Cl2FNO2. The number of esters is 1. The van der Waals surface area contributed by atoms with E-state index in [-0.39, 0.29) is 21.8 Å². The van der Waals surface area contributed by atoms with Gasteiger partial charge in [0.1, 0.15) is 0 Å². The third-order valence-electron chi connectivity index (χ3n) is 2.83. The first kappa shape index (κ1) is 14.6. The highest BCUT2D eigenvalue weighted by Gasteiger charge is 2.19. The van der Waals surface area contributed by atoms with Gasteiger partial charge in [0, 0.05) is 11.1 Å². The van der Waals surface area contributed by atoms with E-state index in [0.29, 0.717) is 10.6 Å². The number of benzene rings is 2. The summed E-state index contributed by atoms with van der Waals surface area (Å²) in [7, 11) is 1.20. The number of nitrogens with two attached hydrogens (primary N) is 1. The smallest absolute Gasteiger partial charge is 0.340 e. The van der Waals surface area contributed by atoms with Crippen LogP contribution in [0.1, 0.15) is 10.4 Å². The highest BCUT2D eigenvalue weighted by atomic mass is 35.5. The molecule has 20 heavy (non-hydrogen) atoms. The van der Waals surface area contributed by atoms with E-state index in [1.54, 1.807) is 18.2 Å². The third kappa shape index (κ3) is 2.44. The Morgan fingerprint density at radius 1 is 1.20 bits per heavy atom. The van der Waals surface area contributed by atoms with Crippen molar-refractivity contribution in [3.05, 3.63) is 51.8 Å². The minimum Gasteiger partial charge on any atom is -0.465 e. The lowest BCUT2D eigenvalue weighted by Gasteiger charge is -2.11. The van der Waals surface area contributed by atoms with Crippen LogP contribution in [0.5, 0.6) is 0 Å². The van der Waals surface area contributed by atoms with E-state index in [4.69, 9.17) is 28.9 Å². The number of ether oxygens (including phenoxy) is 1. The Morgan fingerprint density at radius 2 is 1.90 bits per heavy atom. The normalized spacial score (nSPS) is 10.4. The number of hydrogen-bond acceptors (Lipinski definition) is 3. The van der Waals surface area contributed by atoms with Gasteiger partial charge in [-0.25, -0.2) is 9.18 Å². The van der Waals surface area contributed by atoms with Gasteiger partial charge in [-0.05, 0) is 12.1 Å². The van der Waals surface area contributed by atoms with Crippen molar-refractivity contribution in [2.24, 2.45) is 0 Å². The Kier molecular flexibility index (Phi) is 4.16. The van der Waals surface area contributed by atoms with Gasteiger partial charge in [0.2, 0.25) is 0 Å². The largest absolute Gasteiger partial charge is 0.465 e. The molecule has 0 atom stereocenters. The predicted octanol–water partition coefficient (Wildman–Crippen LogP) is 4.17. The molecule has 0 saturated heterocycles. The molecule has 2 rings (SSSR count). The number of carbonyl (C=O) groups is 1. The molecule has 0 spiro atoms. The second-order valence-electron chi connectivity index (χ2n) is 3.98. The van der Waals surface area contributed by atoms with E-state index in [0.717, 1.165) is 0 Å². The van der Waals surface area contributed by atoms with E-state index < -0.39 is 11.8 Å². The molecule has 0 bridgehead atoms. The van der Waals surface area contributed by atoms with Crippen LogP contribution in [0.25, 0.3) is 11.1 Å². The van der Waals surface area contributed by atoms with E-state index in [9.17, 15) is 9.18 Å². The predicted molar refractivity (Wildman–Crippen MR) is 77.6 cm³/mol. The van der Waals surface area contributed by atoms with Gasteiger partial charge >= 0.3 is 5.97 Å². The Bertz CT molecular complexity index is 689. The summed E-state index contributed by atoms with van der Waals surface area (Å²) >= 11 is 12.0. The fourth-order valence-electron chi connectivity index (χ4n) is 1.80. The lowest BCUT2D eigenvalue weighted by molar-refractivity contribution is 0.0601. The first-order valence-corrected chi connectivity index (χ1v) is 6.33. The van der Waals surface area contributed by atoms with Crippen LogP contribution in [0.2, 0.25) is 10.0 Å². The molecule has 0 aliphatic carbocycles. The maximum Gasteiger partial charge on any atom is 0.340 e. The van der Waals surface area contributed by atoms with Crippen LogP contribution in [0.4, 0.5) is 10.1 Å². The van der Waals surface area contributed by atoms with Crippen LogP contribution >= 0.6 is 23.2 Å². The second kappa shape index (κ2) is 5.69. The number of halogens is 3. The van der Waals surface area contributed by atoms with Crippen molar-refractivity contribution in [2.45, 2.75) is 0 Å². The summed E-state index contributed by atoms with van der Waals surface area (Å²) in [6.45, 7) is 0. The van der Waals surface area contributed by atoms with Crippen molar-refractivity contribution >= 4 is 34.9 Å². The summed E-state index contributed by atoms with van der Waals surface area (Å²) in [5.41, 5.74) is 5.88. The second-order valence-corrected chi connectivity index (χ2v) is 4.77. The van der Waals surface area contributed by atoms with Crippen LogP contribution in [0.15, 0.2) is 30.3 Å². The number of rotatable bonds is 2. The zero-order valence-electron chi connectivity index (χ0n) is 10.4. The molecule has 0 aliphatic heterocycles. The van der Waals surface area contributed by atoms with Crippen LogP contribution in [0, 0.1) is 5.82 Å². The summed E-state index contributed by atoms with van der Waals surface area (Å²) in [5.74, 6) is -1.44. The van der Waals surface area contributed by atoms with Crippen LogP contribution in [-0.2, 0) is 4.74 Å². The van der Waals surface area contributed by atoms with Gasteiger partial charge in [-0.1, -0.05) is 41.4 Å². The summed E-state index contributed by atoms with van der Waals surface area (Å²) in [6, 6.07) is 7.65.